The number of rotatable bonds is 2. The van der Waals surface area contributed by atoms with E-state index in [1.807, 2.05) is 0 Å². The first-order valence-electron chi connectivity index (χ1n) is 5.27. The molecule has 0 aromatic heterocycles. The standard InChI is InChI=1S/C13H18O/c1-13(2,3)11-6-4-10(5-7-11)8-12-9-14-12/h4-7,12H,8-9H2,1-3H3. The van der Waals surface area contributed by atoms with Crippen LogP contribution in [0.5, 0.6) is 0 Å². The quantitative estimate of drug-likeness (QED) is 0.653. The second-order valence-corrected chi connectivity index (χ2v) is 5.11. The minimum absolute atomic E-state index is 0.259. The van der Waals surface area contributed by atoms with Gasteiger partial charge in [0.1, 0.15) is 0 Å². The van der Waals surface area contributed by atoms with E-state index in [0.717, 1.165) is 13.0 Å². The van der Waals surface area contributed by atoms with E-state index >= 15 is 0 Å². The van der Waals surface area contributed by atoms with Crippen molar-refractivity contribution in [2.45, 2.75) is 38.7 Å². The van der Waals surface area contributed by atoms with Crippen molar-refractivity contribution in [3.63, 3.8) is 0 Å². The van der Waals surface area contributed by atoms with E-state index < -0.39 is 0 Å². The van der Waals surface area contributed by atoms with Crippen LogP contribution in [0.25, 0.3) is 0 Å². The van der Waals surface area contributed by atoms with Crippen molar-refractivity contribution in [3.8, 4) is 0 Å². The van der Waals surface area contributed by atoms with Crippen molar-refractivity contribution < 1.29 is 4.74 Å². The molecule has 2 rings (SSSR count). The maximum Gasteiger partial charge on any atom is 0.0850 e. The fraction of sp³-hybridized carbons (Fsp3) is 0.538. The van der Waals surface area contributed by atoms with Gasteiger partial charge in [0.2, 0.25) is 0 Å². The summed E-state index contributed by atoms with van der Waals surface area (Å²) in [6.07, 6.45) is 1.57. The predicted octanol–water partition coefficient (Wildman–Crippen LogP) is 2.93. The van der Waals surface area contributed by atoms with Crippen LogP contribution < -0.4 is 0 Å². The molecule has 1 aromatic carbocycles. The predicted molar refractivity (Wildman–Crippen MR) is 58.6 cm³/mol. The normalized spacial score (nSPS) is 20.9. The van der Waals surface area contributed by atoms with E-state index in [9.17, 15) is 0 Å². The monoisotopic (exact) mass is 190 g/mol. The van der Waals surface area contributed by atoms with Crippen LogP contribution in [0.15, 0.2) is 24.3 Å². The Hall–Kier alpha value is -0.820. The number of benzene rings is 1. The molecular weight excluding hydrogens is 172 g/mol. The molecule has 0 amide bonds. The Morgan fingerprint density at radius 2 is 1.79 bits per heavy atom. The summed E-state index contributed by atoms with van der Waals surface area (Å²) in [6.45, 7) is 7.67. The number of ether oxygens (including phenoxy) is 1. The van der Waals surface area contributed by atoms with Gasteiger partial charge in [0.25, 0.3) is 0 Å². The summed E-state index contributed by atoms with van der Waals surface area (Å²) in [7, 11) is 0. The minimum atomic E-state index is 0.259. The highest BCUT2D eigenvalue weighted by atomic mass is 16.6. The van der Waals surface area contributed by atoms with Crippen molar-refractivity contribution in [3.05, 3.63) is 35.4 Å². The fourth-order valence-electron chi connectivity index (χ4n) is 1.59. The second kappa shape index (κ2) is 3.39. The van der Waals surface area contributed by atoms with E-state index in [2.05, 4.69) is 45.0 Å². The molecule has 0 aliphatic carbocycles. The first-order chi connectivity index (χ1) is 6.55. The number of hydrogen-bond donors (Lipinski definition) is 0. The lowest BCUT2D eigenvalue weighted by Gasteiger charge is -2.19. The minimum Gasteiger partial charge on any atom is -0.373 e. The van der Waals surface area contributed by atoms with Crippen molar-refractivity contribution >= 4 is 0 Å². The molecule has 0 radical (unpaired) electrons. The number of epoxide rings is 1. The largest absolute Gasteiger partial charge is 0.373 e. The zero-order chi connectivity index (χ0) is 10.2. The van der Waals surface area contributed by atoms with Gasteiger partial charge in [-0.1, -0.05) is 45.0 Å². The first-order valence-corrected chi connectivity index (χ1v) is 5.27. The molecule has 0 bridgehead atoms. The van der Waals surface area contributed by atoms with Crippen LogP contribution in [0.1, 0.15) is 31.9 Å². The van der Waals surface area contributed by atoms with Gasteiger partial charge in [-0.15, -0.1) is 0 Å². The molecule has 76 valence electrons. The molecule has 1 aliphatic heterocycles. The van der Waals surface area contributed by atoms with E-state index in [1.165, 1.54) is 11.1 Å². The summed E-state index contributed by atoms with van der Waals surface area (Å²) >= 11 is 0. The molecule has 1 heteroatoms. The van der Waals surface area contributed by atoms with Crippen molar-refractivity contribution in [2.24, 2.45) is 0 Å². The zero-order valence-electron chi connectivity index (χ0n) is 9.21. The summed E-state index contributed by atoms with van der Waals surface area (Å²) in [4.78, 5) is 0. The average Bonchev–Trinajstić information content (AvgIpc) is 2.88. The molecule has 1 fully saturated rings. The average molecular weight is 190 g/mol. The maximum atomic E-state index is 5.21. The third-order valence-corrected chi connectivity index (χ3v) is 2.69. The SMILES string of the molecule is CC(C)(C)c1ccc(CC2CO2)cc1. The smallest absolute Gasteiger partial charge is 0.0850 e. The highest BCUT2D eigenvalue weighted by molar-refractivity contribution is 5.28. The molecule has 1 aliphatic rings. The van der Waals surface area contributed by atoms with Gasteiger partial charge in [-0.3, -0.25) is 0 Å². The Kier molecular flexibility index (Phi) is 2.36. The lowest BCUT2D eigenvalue weighted by molar-refractivity contribution is 0.407. The van der Waals surface area contributed by atoms with Gasteiger partial charge in [0, 0.05) is 6.42 Å². The van der Waals surface area contributed by atoms with Crippen LogP contribution in [0.2, 0.25) is 0 Å². The third kappa shape index (κ3) is 2.36. The summed E-state index contributed by atoms with van der Waals surface area (Å²) in [6, 6.07) is 8.92. The molecule has 0 spiro atoms. The van der Waals surface area contributed by atoms with Gasteiger partial charge in [0.15, 0.2) is 0 Å². The van der Waals surface area contributed by atoms with Crippen molar-refractivity contribution in [1.29, 1.82) is 0 Å². The molecule has 1 nitrogen and oxygen atoms in total. The first kappa shape index (κ1) is 9.72. The van der Waals surface area contributed by atoms with Gasteiger partial charge in [-0.05, 0) is 16.5 Å². The van der Waals surface area contributed by atoms with Gasteiger partial charge in [0.05, 0.1) is 12.7 Å². The Morgan fingerprint density at radius 3 is 2.21 bits per heavy atom. The Bertz CT molecular complexity index is 301. The maximum absolute atomic E-state index is 5.21. The van der Waals surface area contributed by atoms with E-state index in [0.29, 0.717) is 6.10 Å². The Morgan fingerprint density at radius 1 is 1.21 bits per heavy atom. The van der Waals surface area contributed by atoms with Gasteiger partial charge >= 0.3 is 0 Å². The second-order valence-electron chi connectivity index (χ2n) is 5.11. The van der Waals surface area contributed by atoms with Crippen LogP contribution in [0.4, 0.5) is 0 Å². The molecule has 0 saturated carbocycles. The van der Waals surface area contributed by atoms with Crippen LogP contribution in [-0.2, 0) is 16.6 Å². The summed E-state index contributed by atoms with van der Waals surface area (Å²) in [5.41, 5.74) is 3.05. The molecule has 1 atom stereocenters. The Balaban J connectivity index is 2.08. The van der Waals surface area contributed by atoms with Gasteiger partial charge in [-0.25, -0.2) is 0 Å². The summed E-state index contributed by atoms with van der Waals surface area (Å²) in [5.74, 6) is 0. The van der Waals surface area contributed by atoms with Crippen LogP contribution in [0.3, 0.4) is 0 Å². The molecular formula is C13H18O. The van der Waals surface area contributed by atoms with Crippen LogP contribution in [-0.4, -0.2) is 12.7 Å². The zero-order valence-corrected chi connectivity index (χ0v) is 9.21. The van der Waals surface area contributed by atoms with Crippen molar-refractivity contribution in [2.75, 3.05) is 6.61 Å². The summed E-state index contributed by atoms with van der Waals surface area (Å²) < 4.78 is 5.21. The van der Waals surface area contributed by atoms with E-state index in [4.69, 9.17) is 4.74 Å². The third-order valence-electron chi connectivity index (χ3n) is 2.69. The molecule has 1 saturated heterocycles. The van der Waals surface area contributed by atoms with Crippen LogP contribution in [0, 0.1) is 0 Å². The molecule has 1 aromatic rings. The lowest BCUT2D eigenvalue weighted by Crippen LogP contribution is -2.10. The molecule has 0 N–H and O–H groups in total. The van der Waals surface area contributed by atoms with Gasteiger partial charge in [-0.2, -0.15) is 0 Å². The molecule has 1 heterocycles. The van der Waals surface area contributed by atoms with E-state index in [-0.39, 0.29) is 5.41 Å². The Labute approximate surface area is 86.1 Å². The topological polar surface area (TPSA) is 12.5 Å². The highest BCUT2D eigenvalue weighted by Gasteiger charge is 2.22. The number of hydrogen-bond acceptors (Lipinski definition) is 1. The molecule has 1 unspecified atom stereocenters. The van der Waals surface area contributed by atoms with E-state index in [1.54, 1.807) is 0 Å². The molecule has 14 heavy (non-hydrogen) atoms. The van der Waals surface area contributed by atoms with Gasteiger partial charge < -0.3 is 4.74 Å². The lowest BCUT2D eigenvalue weighted by atomic mass is 9.86. The summed E-state index contributed by atoms with van der Waals surface area (Å²) in [5, 5.41) is 0. The highest BCUT2D eigenvalue weighted by Crippen LogP contribution is 2.23. The van der Waals surface area contributed by atoms with Crippen molar-refractivity contribution in [1.82, 2.24) is 0 Å². The van der Waals surface area contributed by atoms with Crippen LogP contribution >= 0.6 is 0 Å². The fourth-order valence-corrected chi connectivity index (χ4v) is 1.59.